The van der Waals surface area contributed by atoms with Crippen LogP contribution < -0.4 is 0 Å². The molecule has 1 atom stereocenters. The number of hydrogen-bond donors (Lipinski definition) is 1. The van der Waals surface area contributed by atoms with Gasteiger partial charge in [-0.25, -0.2) is 0 Å². The molecule has 0 aliphatic heterocycles. The molecule has 0 rings (SSSR count). The van der Waals surface area contributed by atoms with Crippen LogP contribution in [-0.2, 0) is 4.74 Å². The zero-order valence-corrected chi connectivity index (χ0v) is 12.0. The van der Waals surface area contributed by atoms with Crippen LogP contribution in [0.1, 0.15) is 32.1 Å². The normalized spacial score (nSPS) is 13.6. The van der Waals surface area contributed by atoms with Crippen molar-refractivity contribution >= 4 is 0 Å². The van der Waals surface area contributed by atoms with Crippen molar-refractivity contribution in [1.82, 2.24) is 9.80 Å². The quantitative estimate of drug-likeness (QED) is 0.441. The van der Waals surface area contributed by atoms with Gasteiger partial charge in [0.05, 0.1) is 0 Å². The minimum atomic E-state index is -0.292. The lowest BCUT2D eigenvalue weighted by atomic mass is 10.1. The molecule has 0 amide bonds. The zero-order chi connectivity index (χ0) is 13.1. The number of ether oxygens (including phenoxy) is 1. The Labute approximate surface area is 107 Å². The van der Waals surface area contributed by atoms with E-state index in [1.807, 2.05) is 11.9 Å². The summed E-state index contributed by atoms with van der Waals surface area (Å²) in [6.07, 6.45) is 4.97. The van der Waals surface area contributed by atoms with Gasteiger partial charge in [-0.1, -0.05) is 6.42 Å². The zero-order valence-electron chi connectivity index (χ0n) is 12.0. The van der Waals surface area contributed by atoms with E-state index in [1.54, 1.807) is 7.11 Å². The van der Waals surface area contributed by atoms with Gasteiger partial charge < -0.3 is 14.7 Å². The fraction of sp³-hybridized carbons (Fsp3) is 1.00. The molecule has 0 aliphatic carbocycles. The molecule has 0 spiro atoms. The first kappa shape index (κ1) is 16.8. The van der Waals surface area contributed by atoms with E-state index in [0.29, 0.717) is 0 Å². The first-order chi connectivity index (χ1) is 8.07. The average Bonchev–Trinajstić information content (AvgIpc) is 2.27. The Bertz CT molecular complexity index is 165. The molecule has 0 radical (unpaired) electrons. The van der Waals surface area contributed by atoms with E-state index < -0.39 is 0 Å². The van der Waals surface area contributed by atoms with Gasteiger partial charge in [0.15, 0.2) is 0 Å². The van der Waals surface area contributed by atoms with E-state index in [9.17, 15) is 5.11 Å². The third-order valence-corrected chi connectivity index (χ3v) is 2.94. The number of aliphatic hydroxyl groups is 1. The fourth-order valence-electron chi connectivity index (χ4n) is 1.76. The van der Waals surface area contributed by atoms with Crippen LogP contribution in [0.3, 0.4) is 0 Å². The minimum absolute atomic E-state index is 0.292. The van der Waals surface area contributed by atoms with Crippen LogP contribution >= 0.6 is 0 Å². The molecule has 1 unspecified atom stereocenters. The minimum Gasteiger partial charge on any atom is -0.385 e. The topological polar surface area (TPSA) is 35.9 Å². The molecule has 1 N–H and O–H groups in total. The molecule has 0 aromatic rings. The molecule has 17 heavy (non-hydrogen) atoms. The van der Waals surface area contributed by atoms with Crippen LogP contribution in [0.5, 0.6) is 0 Å². The second kappa shape index (κ2) is 11.0. The second-order valence-corrected chi connectivity index (χ2v) is 4.96. The molecule has 0 aromatic heterocycles. The highest BCUT2D eigenvalue weighted by Crippen LogP contribution is 2.07. The lowest BCUT2D eigenvalue weighted by Crippen LogP contribution is -2.33. The van der Waals surface area contributed by atoms with Crippen molar-refractivity contribution in [2.45, 2.75) is 38.3 Å². The van der Waals surface area contributed by atoms with E-state index in [0.717, 1.165) is 51.8 Å². The van der Waals surface area contributed by atoms with Crippen molar-refractivity contribution in [3.05, 3.63) is 0 Å². The summed E-state index contributed by atoms with van der Waals surface area (Å²) >= 11 is 0. The maximum absolute atomic E-state index is 9.92. The molecule has 0 bridgehead atoms. The molecule has 0 saturated heterocycles. The summed E-state index contributed by atoms with van der Waals surface area (Å²) in [4.78, 5) is 4.21. The number of rotatable bonds is 11. The summed E-state index contributed by atoms with van der Waals surface area (Å²) in [5.41, 5.74) is 0. The number of aliphatic hydroxyl groups excluding tert-OH is 1. The summed E-state index contributed by atoms with van der Waals surface area (Å²) in [6.45, 7) is 2.86. The summed E-state index contributed by atoms with van der Waals surface area (Å²) in [7, 11) is 7.88. The van der Waals surface area contributed by atoms with Crippen LogP contribution in [-0.4, -0.2) is 69.1 Å². The Hall–Kier alpha value is -0.160. The van der Waals surface area contributed by atoms with Gasteiger partial charge in [-0.3, -0.25) is 4.90 Å². The number of nitrogens with zero attached hydrogens (tertiary/aromatic N) is 2. The van der Waals surface area contributed by atoms with Crippen molar-refractivity contribution in [3.63, 3.8) is 0 Å². The highest BCUT2D eigenvalue weighted by molar-refractivity contribution is 4.59. The van der Waals surface area contributed by atoms with Gasteiger partial charge >= 0.3 is 0 Å². The fourth-order valence-corrected chi connectivity index (χ4v) is 1.76. The third-order valence-electron chi connectivity index (χ3n) is 2.94. The van der Waals surface area contributed by atoms with E-state index >= 15 is 0 Å². The number of hydrogen-bond acceptors (Lipinski definition) is 4. The monoisotopic (exact) mass is 246 g/mol. The molecule has 0 heterocycles. The van der Waals surface area contributed by atoms with Crippen LogP contribution in [0, 0.1) is 0 Å². The van der Waals surface area contributed by atoms with Gasteiger partial charge in [0.1, 0.15) is 6.23 Å². The van der Waals surface area contributed by atoms with Gasteiger partial charge in [-0.15, -0.1) is 0 Å². The summed E-state index contributed by atoms with van der Waals surface area (Å²) in [6, 6.07) is 0. The largest absolute Gasteiger partial charge is 0.385 e. The van der Waals surface area contributed by atoms with E-state index in [4.69, 9.17) is 4.74 Å². The summed E-state index contributed by atoms with van der Waals surface area (Å²) in [5.74, 6) is 0. The van der Waals surface area contributed by atoms with Gasteiger partial charge in [-0.2, -0.15) is 0 Å². The summed E-state index contributed by atoms with van der Waals surface area (Å²) < 4.78 is 4.99. The lowest BCUT2D eigenvalue weighted by Gasteiger charge is -2.24. The maximum atomic E-state index is 9.92. The van der Waals surface area contributed by atoms with Gasteiger partial charge in [0.2, 0.25) is 0 Å². The first-order valence-electron chi connectivity index (χ1n) is 6.60. The molecule has 0 aliphatic rings. The number of unbranched alkanes of at least 4 members (excludes halogenated alkanes) is 2. The molecule has 0 fully saturated rings. The van der Waals surface area contributed by atoms with E-state index in [-0.39, 0.29) is 6.23 Å². The molecular weight excluding hydrogens is 216 g/mol. The van der Waals surface area contributed by atoms with Crippen molar-refractivity contribution in [3.8, 4) is 0 Å². The highest BCUT2D eigenvalue weighted by atomic mass is 16.5. The van der Waals surface area contributed by atoms with Crippen molar-refractivity contribution in [2.75, 3.05) is 47.9 Å². The molecule has 4 heteroatoms. The first-order valence-corrected chi connectivity index (χ1v) is 6.60. The van der Waals surface area contributed by atoms with Crippen molar-refractivity contribution in [1.29, 1.82) is 0 Å². The Morgan fingerprint density at radius 3 is 2.29 bits per heavy atom. The predicted octanol–water partition coefficient (Wildman–Crippen LogP) is 1.40. The Morgan fingerprint density at radius 2 is 1.71 bits per heavy atom. The van der Waals surface area contributed by atoms with Crippen molar-refractivity contribution < 1.29 is 9.84 Å². The highest BCUT2D eigenvalue weighted by Gasteiger charge is 2.09. The second-order valence-electron chi connectivity index (χ2n) is 4.96. The van der Waals surface area contributed by atoms with Gasteiger partial charge in [0, 0.05) is 20.3 Å². The Balaban J connectivity index is 3.43. The average molecular weight is 246 g/mol. The smallest absolute Gasteiger partial charge is 0.107 e. The summed E-state index contributed by atoms with van der Waals surface area (Å²) in [5, 5.41) is 9.92. The predicted molar refractivity (Wildman–Crippen MR) is 72.2 cm³/mol. The van der Waals surface area contributed by atoms with E-state index in [2.05, 4.69) is 19.0 Å². The van der Waals surface area contributed by atoms with Gasteiger partial charge in [0.25, 0.3) is 0 Å². The van der Waals surface area contributed by atoms with Crippen LogP contribution in [0.2, 0.25) is 0 Å². The molecule has 104 valence electrons. The Morgan fingerprint density at radius 1 is 1.00 bits per heavy atom. The van der Waals surface area contributed by atoms with Crippen molar-refractivity contribution in [2.24, 2.45) is 0 Å². The van der Waals surface area contributed by atoms with Crippen LogP contribution in [0.15, 0.2) is 0 Å². The van der Waals surface area contributed by atoms with Gasteiger partial charge in [-0.05, 0) is 53.4 Å². The number of methoxy groups -OCH3 is 1. The van der Waals surface area contributed by atoms with E-state index in [1.165, 1.54) is 0 Å². The Kier molecular flexibility index (Phi) is 10.9. The molecule has 0 aromatic carbocycles. The lowest BCUT2D eigenvalue weighted by molar-refractivity contribution is 0.0120. The molecule has 0 saturated carbocycles. The SMILES string of the molecule is COCCCCCC(O)N(C)CCCN(C)C. The molecular formula is C13H30N2O2. The third kappa shape index (κ3) is 10.7. The van der Waals surface area contributed by atoms with Crippen LogP contribution in [0.4, 0.5) is 0 Å². The molecule has 4 nitrogen and oxygen atoms in total. The van der Waals surface area contributed by atoms with Crippen LogP contribution in [0.25, 0.3) is 0 Å². The maximum Gasteiger partial charge on any atom is 0.107 e. The standard InChI is InChI=1S/C13H30N2O2/c1-14(2)10-8-11-15(3)13(16)9-6-5-7-12-17-4/h13,16H,5-12H2,1-4H3.